The smallest absolute Gasteiger partial charge is 0.132 e. The van der Waals surface area contributed by atoms with Crippen LogP contribution in [0.4, 0.5) is 0 Å². The maximum Gasteiger partial charge on any atom is 0.132 e. The summed E-state index contributed by atoms with van der Waals surface area (Å²) in [5.74, 6) is 0.920. The highest BCUT2D eigenvalue weighted by atomic mass is 35.5. The zero-order valence-electron chi connectivity index (χ0n) is 13.9. The first-order chi connectivity index (χ1) is 10.7. The zero-order chi connectivity index (χ0) is 16.2. The first kappa shape index (κ1) is 19.0. The monoisotopic (exact) mass is 320 g/mol. The Kier molecular flexibility index (Phi) is 9.90. The van der Waals surface area contributed by atoms with Crippen LogP contribution in [0.2, 0.25) is 0 Å². The van der Waals surface area contributed by atoms with Gasteiger partial charge in [0.05, 0.1) is 0 Å². The molecule has 0 aliphatic rings. The normalized spacial score (nSPS) is 10.6. The van der Waals surface area contributed by atoms with Gasteiger partial charge in [0.1, 0.15) is 5.78 Å². The number of aryl methyl sites for hydroxylation is 1. The van der Waals surface area contributed by atoms with Gasteiger partial charge in [0.15, 0.2) is 0 Å². The molecule has 2 heteroatoms. The number of ketones is 1. The number of rotatable bonds is 12. The summed E-state index contributed by atoms with van der Waals surface area (Å²) in [6.07, 6.45) is 8.91. The molecule has 0 aromatic heterocycles. The van der Waals surface area contributed by atoms with Crippen LogP contribution in [0, 0.1) is 0 Å². The molecule has 0 saturated heterocycles. The van der Waals surface area contributed by atoms with Crippen LogP contribution in [0.25, 0.3) is 0 Å². The Labute approximate surface area is 140 Å². The van der Waals surface area contributed by atoms with E-state index >= 15 is 0 Å². The maximum atomic E-state index is 11.9. The van der Waals surface area contributed by atoms with Crippen molar-refractivity contribution in [2.24, 2.45) is 0 Å². The summed E-state index contributed by atoms with van der Waals surface area (Å²) < 4.78 is 0. The van der Waals surface area contributed by atoms with E-state index in [1.807, 2.05) is 0 Å². The van der Waals surface area contributed by atoms with Crippen LogP contribution in [0.1, 0.15) is 63.0 Å². The number of alkyl halides is 1. The minimum absolute atomic E-state index is 0.416. The van der Waals surface area contributed by atoms with Crippen LogP contribution in [0.5, 0.6) is 0 Å². The summed E-state index contributed by atoms with van der Waals surface area (Å²) in [5, 5.41) is 0. The molecule has 0 amide bonds. The second-order valence-electron chi connectivity index (χ2n) is 6.03. The lowest BCUT2D eigenvalue weighted by atomic mass is 9.96. The van der Waals surface area contributed by atoms with Crippen LogP contribution < -0.4 is 0 Å². The fourth-order valence-electron chi connectivity index (χ4n) is 2.64. The van der Waals surface area contributed by atoms with Gasteiger partial charge in [-0.05, 0) is 36.8 Å². The highest BCUT2D eigenvalue weighted by Gasteiger charge is 2.06. The second kappa shape index (κ2) is 11.5. The molecular formula is C20H29ClO. The fourth-order valence-corrected chi connectivity index (χ4v) is 2.73. The lowest BCUT2D eigenvalue weighted by Crippen LogP contribution is -2.01. The van der Waals surface area contributed by atoms with E-state index in [-0.39, 0.29) is 0 Å². The third-order valence-electron chi connectivity index (χ3n) is 3.96. The molecule has 0 unspecified atom stereocenters. The number of allylic oxidation sites excluding steroid dienone is 1. The van der Waals surface area contributed by atoms with Gasteiger partial charge in [0.2, 0.25) is 0 Å². The Morgan fingerprint density at radius 1 is 1.05 bits per heavy atom. The summed E-state index contributed by atoms with van der Waals surface area (Å²) in [7, 11) is 0. The average Bonchev–Trinajstić information content (AvgIpc) is 2.53. The number of carbonyl (C=O) groups excluding carboxylic acids is 1. The van der Waals surface area contributed by atoms with Crippen molar-refractivity contribution in [3.8, 4) is 0 Å². The molecule has 0 aliphatic carbocycles. The molecule has 0 spiro atoms. The van der Waals surface area contributed by atoms with E-state index in [0.717, 1.165) is 37.7 Å². The summed E-state index contributed by atoms with van der Waals surface area (Å²) in [4.78, 5) is 11.9. The molecule has 0 saturated carbocycles. The predicted molar refractivity (Wildman–Crippen MR) is 96.7 cm³/mol. The van der Waals surface area contributed by atoms with E-state index in [1.165, 1.54) is 30.4 Å². The third-order valence-corrected chi connectivity index (χ3v) is 4.34. The fraction of sp³-hybridized carbons (Fsp3) is 0.550. The minimum atomic E-state index is 0.416. The molecule has 1 aromatic rings. The first-order valence-corrected chi connectivity index (χ1v) is 9.02. The van der Waals surface area contributed by atoms with E-state index < -0.39 is 0 Å². The largest absolute Gasteiger partial charge is 0.300 e. The highest BCUT2D eigenvalue weighted by Crippen LogP contribution is 2.17. The van der Waals surface area contributed by atoms with E-state index in [0.29, 0.717) is 18.1 Å². The van der Waals surface area contributed by atoms with Crippen molar-refractivity contribution in [2.75, 3.05) is 5.88 Å². The van der Waals surface area contributed by atoms with Gasteiger partial charge in [-0.3, -0.25) is 4.79 Å². The summed E-state index contributed by atoms with van der Waals surface area (Å²) in [6.45, 7) is 6.17. The van der Waals surface area contributed by atoms with Crippen molar-refractivity contribution in [1.82, 2.24) is 0 Å². The van der Waals surface area contributed by atoms with Gasteiger partial charge in [0.25, 0.3) is 0 Å². The highest BCUT2D eigenvalue weighted by molar-refractivity contribution is 6.19. The number of hydrogen-bond donors (Lipinski definition) is 0. The molecule has 0 atom stereocenters. The molecule has 1 nitrogen and oxygen atoms in total. The zero-order valence-corrected chi connectivity index (χ0v) is 14.6. The Morgan fingerprint density at radius 2 is 1.73 bits per heavy atom. The van der Waals surface area contributed by atoms with E-state index in [1.54, 1.807) is 0 Å². The Balaban J connectivity index is 2.35. The van der Waals surface area contributed by atoms with Gasteiger partial charge in [0, 0.05) is 18.7 Å². The van der Waals surface area contributed by atoms with Gasteiger partial charge >= 0.3 is 0 Å². The average molecular weight is 321 g/mol. The van der Waals surface area contributed by atoms with Crippen molar-refractivity contribution in [3.63, 3.8) is 0 Å². The number of carbonyl (C=O) groups is 1. The summed E-state index contributed by atoms with van der Waals surface area (Å²) >= 11 is 5.83. The van der Waals surface area contributed by atoms with Crippen molar-refractivity contribution >= 4 is 17.4 Å². The second-order valence-corrected chi connectivity index (χ2v) is 6.30. The van der Waals surface area contributed by atoms with Gasteiger partial charge in [-0.1, -0.05) is 62.6 Å². The van der Waals surface area contributed by atoms with Gasteiger partial charge in [-0.15, -0.1) is 11.6 Å². The van der Waals surface area contributed by atoms with Crippen molar-refractivity contribution in [2.45, 2.75) is 64.7 Å². The van der Waals surface area contributed by atoms with E-state index in [4.69, 9.17) is 11.6 Å². The molecular weight excluding hydrogens is 292 g/mol. The van der Waals surface area contributed by atoms with Crippen molar-refractivity contribution < 1.29 is 4.79 Å². The summed E-state index contributed by atoms with van der Waals surface area (Å²) in [6, 6.07) is 8.41. The van der Waals surface area contributed by atoms with Crippen LogP contribution >= 0.6 is 11.6 Å². The first-order valence-electron chi connectivity index (χ1n) is 8.48. The number of Topliss-reactive ketones (excluding diaryl/α,β-unsaturated/α-hetero) is 1. The maximum absolute atomic E-state index is 11.9. The quantitative estimate of drug-likeness (QED) is 0.267. The predicted octanol–water partition coefficient (Wildman–Crippen LogP) is 5.89. The lowest BCUT2D eigenvalue weighted by Gasteiger charge is -2.10. The topological polar surface area (TPSA) is 17.1 Å². The Hall–Kier alpha value is -1.08. The number of benzene rings is 1. The molecule has 0 fully saturated rings. The number of hydrogen-bond acceptors (Lipinski definition) is 1. The van der Waals surface area contributed by atoms with Crippen LogP contribution in [-0.4, -0.2) is 11.7 Å². The Morgan fingerprint density at radius 3 is 2.41 bits per heavy atom. The third kappa shape index (κ3) is 7.79. The number of halogens is 1. The molecule has 0 heterocycles. The summed E-state index contributed by atoms with van der Waals surface area (Å²) in [5.41, 5.74) is 3.66. The molecule has 0 radical (unpaired) electrons. The van der Waals surface area contributed by atoms with Crippen molar-refractivity contribution in [3.05, 3.63) is 47.5 Å². The van der Waals surface area contributed by atoms with Gasteiger partial charge < -0.3 is 0 Å². The molecule has 0 aliphatic heterocycles. The lowest BCUT2D eigenvalue weighted by molar-refractivity contribution is -0.119. The van der Waals surface area contributed by atoms with Crippen molar-refractivity contribution in [1.29, 1.82) is 0 Å². The van der Waals surface area contributed by atoms with Crippen LogP contribution in [0.3, 0.4) is 0 Å². The van der Waals surface area contributed by atoms with Crippen LogP contribution in [-0.2, 0) is 17.6 Å². The molecule has 0 bridgehead atoms. The number of unbranched alkanes of at least 4 members (excludes halogenated alkanes) is 3. The molecule has 1 rings (SSSR count). The van der Waals surface area contributed by atoms with Gasteiger partial charge in [-0.2, -0.15) is 0 Å². The molecule has 22 heavy (non-hydrogen) atoms. The molecule has 0 N–H and O–H groups in total. The minimum Gasteiger partial charge on any atom is -0.300 e. The SMILES string of the molecule is C=C(CCl)Cc1ccccc1CCCC(=O)CCCCCC. The van der Waals surface area contributed by atoms with E-state index in [9.17, 15) is 4.79 Å². The Bertz CT molecular complexity index is 465. The standard InChI is InChI=1S/C20H29ClO/c1-3-4-5-6-13-20(22)14-9-12-18-10-7-8-11-19(18)15-17(2)16-21/h7-8,10-11H,2-6,9,12-16H2,1H3. The van der Waals surface area contributed by atoms with E-state index in [2.05, 4.69) is 37.8 Å². The van der Waals surface area contributed by atoms with Crippen LogP contribution in [0.15, 0.2) is 36.4 Å². The molecule has 1 aromatic carbocycles. The van der Waals surface area contributed by atoms with Gasteiger partial charge in [-0.25, -0.2) is 0 Å². The molecule has 122 valence electrons.